The Labute approximate surface area is 114 Å². The van der Waals surface area contributed by atoms with Crippen LogP contribution in [0.25, 0.3) is 0 Å². The van der Waals surface area contributed by atoms with Crippen LogP contribution < -0.4 is 0 Å². The molecule has 1 heterocycles. The number of nitrogens with zero attached hydrogens (tertiary/aromatic N) is 1. The molecule has 0 N–H and O–H groups in total. The number of rotatable bonds is 2. The maximum Gasteiger partial charge on any atom is 0.254 e. The molecule has 0 aromatic heterocycles. The average Bonchev–Trinajstić information content (AvgIpc) is 2.40. The fourth-order valence-electron chi connectivity index (χ4n) is 2.03. The number of carbonyl (C=O) groups excluding carboxylic acids is 1. The zero-order chi connectivity index (χ0) is 13.1. The summed E-state index contributed by atoms with van der Waals surface area (Å²) in [6.07, 6.45) is 0. The molecule has 1 saturated heterocycles. The lowest BCUT2D eigenvalue weighted by Crippen LogP contribution is -2.49. The number of halogens is 2. The van der Waals surface area contributed by atoms with Crippen LogP contribution in [0, 0.1) is 12.7 Å². The maximum absolute atomic E-state index is 13.2. The van der Waals surface area contributed by atoms with E-state index in [4.69, 9.17) is 4.74 Å². The summed E-state index contributed by atoms with van der Waals surface area (Å²) in [5, 5.41) is 0.660. The second-order valence-electron chi connectivity index (χ2n) is 4.34. The van der Waals surface area contributed by atoms with Crippen LogP contribution in [0.4, 0.5) is 4.39 Å². The molecule has 5 heteroatoms. The van der Waals surface area contributed by atoms with Crippen molar-refractivity contribution in [2.75, 3.05) is 25.1 Å². The molecule has 0 aliphatic carbocycles. The molecule has 18 heavy (non-hydrogen) atoms. The zero-order valence-electron chi connectivity index (χ0n) is 10.2. The van der Waals surface area contributed by atoms with Crippen LogP contribution in [0.2, 0.25) is 0 Å². The third kappa shape index (κ3) is 2.72. The smallest absolute Gasteiger partial charge is 0.254 e. The average molecular weight is 316 g/mol. The minimum absolute atomic E-state index is 0.00826. The number of morpholine rings is 1. The first kappa shape index (κ1) is 13.5. The number of amides is 1. The van der Waals surface area contributed by atoms with Crippen LogP contribution in [0.3, 0.4) is 0 Å². The van der Waals surface area contributed by atoms with E-state index in [-0.39, 0.29) is 17.8 Å². The zero-order valence-corrected chi connectivity index (χ0v) is 11.7. The van der Waals surface area contributed by atoms with E-state index in [1.165, 1.54) is 12.1 Å². The molecule has 1 aliphatic heterocycles. The SMILES string of the molecule is Cc1ccc(F)cc1C(=O)N1CCOCC1CBr. The summed E-state index contributed by atoms with van der Waals surface area (Å²) in [4.78, 5) is 14.2. The Balaban J connectivity index is 2.26. The maximum atomic E-state index is 13.2. The van der Waals surface area contributed by atoms with E-state index >= 15 is 0 Å². The number of ether oxygens (including phenoxy) is 1. The van der Waals surface area contributed by atoms with Gasteiger partial charge in [0.05, 0.1) is 19.3 Å². The van der Waals surface area contributed by atoms with Gasteiger partial charge in [-0.15, -0.1) is 0 Å². The Hall–Kier alpha value is -0.940. The lowest BCUT2D eigenvalue weighted by atomic mass is 10.1. The second kappa shape index (κ2) is 5.80. The summed E-state index contributed by atoms with van der Waals surface area (Å²) in [5.41, 5.74) is 1.23. The summed E-state index contributed by atoms with van der Waals surface area (Å²) in [6, 6.07) is 4.31. The Kier molecular flexibility index (Phi) is 4.35. The van der Waals surface area contributed by atoms with Crippen molar-refractivity contribution in [2.24, 2.45) is 0 Å². The normalized spacial score (nSPS) is 19.9. The summed E-state index contributed by atoms with van der Waals surface area (Å²) in [5.74, 6) is -0.507. The molecule has 1 aliphatic rings. The Bertz CT molecular complexity index is 453. The van der Waals surface area contributed by atoms with Gasteiger partial charge < -0.3 is 9.64 Å². The molecule has 0 spiro atoms. The highest BCUT2D eigenvalue weighted by Crippen LogP contribution is 2.17. The fourth-order valence-corrected chi connectivity index (χ4v) is 2.57. The first-order valence-electron chi connectivity index (χ1n) is 5.84. The minimum Gasteiger partial charge on any atom is -0.377 e. The number of hydrogen-bond donors (Lipinski definition) is 0. The minimum atomic E-state index is -0.382. The van der Waals surface area contributed by atoms with Crippen molar-refractivity contribution in [3.05, 3.63) is 35.1 Å². The van der Waals surface area contributed by atoms with Crippen LogP contribution in [-0.4, -0.2) is 41.9 Å². The summed E-state index contributed by atoms with van der Waals surface area (Å²) in [6.45, 7) is 3.41. The highest BCUT2D eigenvalue weighted by atomic mass is 79.9. The van der Waals surface area contributed by atoms with Gasteiger partial charge in [0.15, 0.2) is 0 Å². The van der Waals surface area contributed by atoms with Gasteiger partial charge >= 0.3 is 0 Å². The van der Waals surface area contributed by atoms with Crippen molar-refractivity contribution < 1.29 is 13.9 Å². The van der Waals surface area contributed by atoms with Crippen molar-refractivity contribution in [2.45, 2.75) is 13.0 Å². The molecule has 0 bridgehead atoms. The molecule has 98 valence electrons. The molecule has 1 aromatic rings. The third-order valence-electron chi connectivity index (χ3n) is 3.10. The predicted octanol–water partition coefficient (Wildman–Crippen LogP) is 2.37. The van der Waals surface area contributed by atoms with Gasteiger partial charge in [-0.3, -0.25) is 4.79 Å². The van der Waals surface area contributed by atoms with E-state index in [0.29, 0.717) is 30.7 Å². The van der Waals surface area contributed by atoms with Gasteiger partial charge in [-0.1, -0.05) is 22.0 Å². The molecule has 1 amide bonds. The first-order valence-corrected chi connectivity index (χ1v) is 6.96. The fraction of sp³-hybridized carbons (Fsp3) is 0.462. The van der Waals surface area contributed by atoms with Crippen molar-refractivity contribution in [1.82, 2.24) is 4.90 Å². The van der Waals surface area contributed by atoms with Crippen molar-refractivity contribution >= 4 is 21.8 Å². The van der Waals surface area contributed by atoms with Crippen molar-refractivity contribution in [3.63, 3.8) is 0 Å². The van der Waals surface area contributed by atoms with Crippen LogP contribution >= 0.6 is 15.9 Å². The van der Waals surface area contributed by atoms with Crippen LogP contribution in [-0.2, 0) is 4.74 Å². The van der Waals surface area contributed by atoms with Crippen molar-refractivity contribution in [1.29, 1.82) is 0 Å². The molecule has 0 radical (unpaired) electrons. The number of aryl methyl sites for hydroxylation is 1. The summed E-state index contributed by atoms with van der Waals surface area (Å²) in [7, 11) is 0. The third-order valence-corrected chi connectivity index (χ3v) is 3.84. The van der Waals surface area contributed by atoms with Crippen LogP contribution in [0.5, 0.6) is 0 Å². The molecule has 1 unspecified atom stereocenters. The molecule has 3 nitrogen and oxygen atoms in total. The molecule has 1 aromatic carbocycles. The lowest BCUT2D eigenvalue weighted by molar-refractivity contribution is 0.00518. The first-order chi connectivity index (χ1) is 8.63. The Morgan fingerprint density at radius 2 is 2.39 bits per heavy atom. The van der Waals surface area contributed by atoms with Crippen LogP contribution in [0.1, 0.15) is 15.9 Å². The van der Waals surface area contributed by atoms with E-state index in [2.05, 4.69) is 15.9 Å². The van der Waals surface area contributed by atoms with Gasteiger partial charge in [-0.05, 0) is 24.6 Å². The molecule has 1 atom stereocenters. The standard InChI is InChI=1S/C13H15BrFNO2/c1-9-2-3-10(15)6-12(9)13(17)16-4-5-18-8-11(16)7-14/h2-3,6,11H,4-5,7-8H2,1H3. The number of benzene rings is 1. The quantitative estimate of drug-likeness (QED) is 0.784. The molecular weight excluding hydrogens is 301 g/mol. The molecule has 2 rings (SSSR count). The van der Waals surface area contributed by atoms with E-state index in [1.54, 1.807) is 11.0 Å². The lowest BCUT2D eigenvalue weighted by Gasteiger charge is -2.35. The van der Waals surface area contributed by atoms with Gasteiger partial charge in [0.25, 0.3) is 5.91 Å². The van der Waals surface area contributed by atoms with Gasteiger partial charge in [-0.2, -0.15) is 0 Å². The van der Waals surface area contributed by atoms with Crippen molar-refractivity contribution in [3.8, 4) is 0 Å². The highest BCUT2D eigenvalue weighted by Gasteiger charge is 2.28. The summed E-state index contributed by atoms with van der Waals surface area (Å²) < 4.78 is 18.6. The number of alkyl halides is 1. The molecular formula is C13H15BrFNO2. The van der Waals surface area contributed by atoms with E-state index in [1.807, 2.05) is 6.92 Å². The Morgan fingerprint density at radius 3 is 3.11 bits per heavy atom. The van der Waals surface area contributed by atoms with E-state index in [9.17, 15) is 9.18 Å². The highest BCUT2D eigenvalue weighted by molar-refractivity contribution is 9.09. The number of hydrogen-bond acceptors (Lipinski definition) is 2. The van der Waals surface area contributed by atoms with Gasteiger partial charge in [-0.25, -0.2) is 4.39 Å². The van der Waals surface area contributed by atoms with Gasteiger partial charge in [0.2, 0.25) is 0 Å². The topological polar surface area (TPSA) is 29.5 Å². The largest absolute Gasteiger partial charge is 0.377 e. The molecule has 0 saturated carbocycles. The Morgan fingerprint density at radius 1 is 1.61 bits per heavy atom. The second-order valence-corrected chi connectivity index (χ2v) is 4.99. The van der Waals surface area contributed by atoms with Gasteiger partial charge in [0, 0.05) is 17.4 Å². The molecule has 1 fully saturated rings. The monoisotopic (exact) mass is 315 g/mol. The van der Waals surface area contributed by atoms with Gasteiger partial charge in [0.1, 0.15) is 5.82 Å². The van der Waals surface area contributed by atoms with E-state index in [0.717, 1.165) is 5.56 Å². The van der Waals surface area contributed by atoms with Crippen LogP contribution in [0.15, 0.2) is 18.2 Å². The summed E-state index contributed by atoms with van der Waals surface area (Å²) >= 11 is 3.38. The van der Waals surface area contributed by atoms with E-state index < -0.39 is 0 Å². The number of carbonyl (C=O) groups is 1. The predicted molar refractivity (Wildman–Crippen MR) is 70.6 cm³/mol.